The normalized spacial score (nSPS) is 16.9. The topological polar surface area (TPSA) is 70.2 Å². The number of nitrogens with one attached hydrogen (secondary N) is 2. The van der Waals surface area contributed by atoms with Crippen molar-refractivity contribution >= 4 is 22.9 Å². The minimum Gasteiger partial charge on any atom is -0.494 e. The molecular weight excluding hydrogens is 352 g/mol. The summed E-state index contributed by atoms with van der Waals surface area (Å²) in [6.45, 7) is 4.76. The Morgan fingerprint density at radius 1 is 1.25 bits per heavy atom. The lowest BCUT2D eigenvalue weighted by molar-refractivity contribution is -0.125. The first-order chi connectivity index (χ1) is 13.7. The fraction of sp³-hybridized carbons (Fsp3) is 0.364. The number of aromatic amines is 1. The van der Waals surface area contributed by atoms with Gasteiger partial charge in [-0.2, -0.15) is 0 Å². The third-order valence-corrected chi connectivity index (χ3v) is 5.17. The van der Waals surface area contributed by atoms with Crippen LogP contribution in [-0.2, 0) is 11.3 Å². The lowest BCUT2D eigenvalue weighted by Gasteiger charge is -2.31. The molecule has 0 radical (unpaired) electrons. The summed E-state index contributed by atoms with van der Waals surface area (Å²) < 4.78 is 5.46. The summed E-state index contributed by atoms with van der Waals surface area (Å²) in [5.74, 6) is 1.79. The predicted octanol–water partition coefficient (Wildman–Crippen LogP) is 3.49. The van der Waals surface area contributed by atoms with Crippen molar-refractivity contribution in [1.82, 2.24) is 15.3 Å². The molecule has 2 aromatic carbocycles. The summed E-state index contributed by atoms with van der Waals surface area (Å²) in [6.07, 6.45) is 1.89. The van der Waals surface area contributed by atoms with Gasteiger partial charge in [0.2, 0.25) is 11.9 Å². The van der Waals surface area contributed by atoms with Gasteiger partial charge < -0.3 is 19.9 Å². The Balaban J connectivity index is 1.35. The van der Waals surface area contributed by atoms with E-state index < -0.39 is 0 Å². The van der Waals surface area contributed by atoms with Crippen LogP contribution in [-0.4, -0.2) is 35.6 Å². The molecule has 1 fully saturated rings. The summed E-state index contributed by atoms with van der Waals surface area (Å²) in [5, 5.41) is 3.08. The molecule has 0 bridgehead atoms. The molecule has 3 aromatic rings. The second kappa shape index (κ2) is 8.33. The van der Waals surface area contributed by atoms with Crippen LogP contribution in [0.5, 0.6) is 5.75 Å². The molecule has 1 atom stereocenters. The third-order valence-electron chi connectivity index (χ3n) is 5.17. The van der Waals surface area contributed by atoms with Gasteiger partial charge in [-0.15, -0.1) is 0 Å². The van der Waals surface area contributed by atoms with Gasteiger partial charge in [0.1, 0.15) is 5.75 Å². The number of aromatic nitrogens is 2. The Kier molecular flexibility index (Phi) is 5.46. The molecule has 0 saturated carbocycles. The first-order valence-corrected chi connectivity index (χ1v) is 9.92. The van der Waals surface area contributed by atoms with Gasteiger partial charge in [-0.1, -0.05) is 24.3 Å². The molecule has 1 aromatic heterocycles. The zero-order valence-corrected chi connectivity index (χ0v) is 16.1. The molecule has 6 nitrogen and oxygen atoms in total. The van der Waals surface area contributed by atoms with Crippen LogP contribution in [0.2, 0.25) is 0 Å². The van der Waals surface area contributed by atoms with Gasteiger partial charge in [0, 0.05) is 19.6 Å². The molecule has 0 unspecified atom stereocenters. The molecule has 1 saturated heterocycles. The molecule has 1 amide bonds. The summed E-state index contributed by atoms with van der Waals surface area (Å²) in [7, 11) is 0. The van der Waals surface area contributed by atoms with Gasteiger partial charge in [-0.05, 0) is 49.6 Å². The second-order valence-electron chi connectivity index (χ2n) is 7.16. The average Bonchev–Trinajstić information content (AvgIpc) is 3.18. The maximum atomic E-state index is 12.7. The number of nitrogens with zero attached hydrogens (tertiary/aromatic N) is 2. The van der Waals surface area contributed by atoms with Crippen molar-refractivity contribution < 1.29 is 9.53 Å². The molecule has 2 heterocycles. The Morgan fingerprint density at radius 2 is 2.07 bits per heavy atom. The smallest absolute Gasteiger partial charge is 0.225 e. The molecule has 1 aliphatic rings. The highest BCUT2D eigenvalue weighted by Gasteiger charge is 2.27. The Hall–Kier alpha value is -3.02. The van der Waals surface area contributed by atoms with Gasteiger partial charge >= 0.3 is 0 Å². The molecule has 28 heavy (non-hydrogen) atoms. The van der Waals surface area contributed by atoms with E-state index in [0.717, 1.165) is 47.7 Å². The summed E-state index contributed by atoms with van der Waals surface area (Å²) >= 11 is 0. The van der Waals surface area contributed by atoms with Gasteiger partial charge in [0.25, 0.3) is 0 Å². The Morgan fingerprint density at radius 3 is 2.86 bits per heavy atom. The largest absolute Gasteiger partial charge is 0.494 e. The highest BCUT2D eigenvalue weighted by atomic mass is 16.5. The van der Waals surface area contributed by atoms with E-state index in [1.54, 1.807) is 0 Å². The van der Waals surface area contributed by atoms with Crippen LogP contribution in [0.15, 0.2) is 48.5 Å². The second-order valence-corrected chi connectivity index (χ2v) is 7.16. The summed E-state index contributed by atoms with van der Waals surface area (Å²) in [4.78, 5) is 22.9. The number of carbonyl (C=O) groups excluding carboxylic acids is 1. The Bertz CT molecular complexity index is 902. The number of anilines is 1. The van der Waals surface area contributed by atoms with Crippen molar-refractivity contribution in [2.24, 2.45) is 5.92 Å². The van der Waals surface area contributed by atoms with Crippen molar-refractivity contribution in [2.45, 2.75) is 26.3 Å². The van der Waals surface area contributed by atoms with E-state index in [-0.39, 0.29) is 11.8 Å². The van der Waals surface area contributed by atoms with Crippen LogP contribution >= 0.6 is 0 Å². The SMILES string of the molecule is CCOc1ccc(CNC(=O)[C@H]2CCCN(c3nc4ccccc4[nH]3)C2)cc1. The number of carbonyl (C=O) groups is 1. The molecule has 0 aliphatic carbocycles. The van der Waals surface area contributed by atoms with E-state index in [0.29, 0.717) is 19.7 Å². The maximum Gasteiger partial charge on any atom is 0.225 e. The van der Waals surface area contributed by atoms with Crippen LogP contribution in [0.3, 0.4) is 0 Å². The summed E-state index contributed by atoms with van der Waals surface area (Å²) in [5.41, 5.74) is 3.06. The van der Waals surface area contributed by atoms with E-state index in [1.807, 2.05) is 55.5 Å². The van der Waals surface area contributed by atoms with Crippen molar-refractivity contribution in [3.05, 3.63) is 54.1 Å². The predicted molar refractivity (Wildman–Crippen MR) is 110 cm³/mol. The lowest BCUT2D eigenvalue weighted by atomic mass is 9.97. The highest BCUT2D eigenvalue weighted by molar-refractivity contribution is 5.80. The first-order valence-electron chi connectivity index (χ1n) is 9.92. The van der Waals surface area contributed by atoms with E-state index in [4.69, 9.17) is 4.74 Å². The van der Waals surface area contributed by atoms with Crippen molar-refractivity contribution in [2.75, 3.05) is 24.6 Å². The maximum absolute atomic E-state index is 12.7. The molecule has 6 heteroatoms. The van der Waals surface area contributed by atoms with Crippen LogP contribution < -0.4 is 15.0 Å². The zero-order valence-electron chi connectivity index (χ0n) is 16.1. The third kappa shape index (κ3) is 4.11. The molecule has 0 spiro atoms. The van der Waals surface area contributed by atoms with E-state index in [1.165, 1.54) is 0 Å². The minimum atomic E-state index is -0.0235. The molecule has 4 rings (SSSR count). The zero-order chi connectivity index (χ0) is 19.3. The lowest BCUT2D eigenvalue weighted by Crippen LogP contribution is -2.43. The quantitative estimate of drug-likeness (QED) is 0.689. The number of amides is 1. The van der Waals surface area contributed by atoms with Gasteiger partial charge in [-0.25, -0.2) is 4.98 Å². The van der Waals surface area contributed by atoms with Crippen LogP contribution in [0.25, 0.3) is 11.0 Å². The monoisotopic (exact) mass is 378 g/mol. The number of para-hydroxylation sites is 2. The standard InChI is InChI=1S/C22H26N4O2/c1-2-28-18-11-9-16(10-12-18)14-23-21(27)17-6-5-13-26(15-17)22-24-19-7-3-4-8-20(19)25-22/h3-4,7-12,17H,2,5-6,13-15H2,1H3,(H,23,27)(H,24,25)/t17-/m0/s1. The van der Waals surface area contributed by atoms with E-state index in [2.05, 4.69) is 20.2 Å². The number of hydrogen-bond acceptors (Lipinski definition) is 4. The first kappa shape index (κ1) is 18.3. The molecule has 2 N–H and O–H groups in total. The number of hydrogen-bond donors (Lipinski definition) is 2. The number of piperidine rings is 1. The molecule has 1 aliphatic heterocycles. The fourth-order valence-electron chi connectivity index (χ4n) is 3.68. The number of H-pyrrole nitrogens is 1. The van der Waals surface area contributed by atoms with E-state index in [9.17, 15) is 4.79 Å². The highest BCUT2D eigenvalue weighted by Crippen LogP contribution is 2.23. The molecular formula is C22H26N4O2. The number of ether oxygens (including phenoxy) is 1. The van der Waals surface area contributed by atoms with Gasteiger partial charge in [0.05, 0.1) is 23.6 Å². The van der Waals surface area contributed by atoms with Crippen LogP contribution in [0.1, 0.15) is 25.3 Å². The van der Waals surface area contributed by atoms with Crippen molar-refractivity contribution in [3.8, 4) is 5.75 Å². The van der Waals surface area contributed by atoms with Gasteiger partial charge in [-0.3, -0.25) is 4.79 Å². The van der Waals surface area contributed by atoms with Gasteiger partial charge in [0.15, 0.2) is 0 Å². The fourth-order valence-corrected chi connectivity index (χ4v) is 3.68. The van der Waals surface area contributed by atoms with Crippen LogP contribution in [0.4, 0.5) is 5.95 Å². The number of fused-ring (bicyclic) bond motifs is 1. The number of benzene rings is 2. The van der Waals surface area contributed by atoms with E-state index >= 15 is 0 Å². The molecule has 146 valence electrons. The number of rotatable bonds is 6. The van der Waals surface area contributed by atoms with Crippen molar-refractivity contribution in [3.63, 3.8) is 0 Å². The Labute approximate surface area is 164 Å². The minimum absolute atomic E-state index is 0.0235. The van der Waals surface area contributed by atoms with Crippen LogP contribution in [0, 0.1) is 5.92 Å². The average molecular weight is 378 g/mol. The number of imidazole rings is 1. The van der Waals surface area contributed by atoms with Crippen molar-refractivity contribution in [1.29, 1.82) is 0 Å². The summed E-state index contributed by atoms with van der Waals surface area (Å²) in [6, 6.07) is 15.9.